The summed E-state index contributed by atoms with van der Waals surface area (Å²) >= 11 is 0. The van der Waals surface area contributed by atoms with Crippen LogP contribution in [0.25, 0.3) is 0 Å². The molecule has 4 nitrogen and oxygen atoms in total. The van der Waals surface area contributed by atoms with E-state index in [0.29, 0.717) is 18.6 Å². The highest BCUT2D eigenvalue weighted by molar-refractivity contribution is 7.89. The second kappa shape index (κ2) is 5.34. The lowest BCUT2D eigenvalue weighted by atomic mass is 10.0. The van der Waals surface area contributed by atoms with Crippen LogP contribution in [0.3, 0.4) is 0 Å². The van der Waals surface area contributed by atoms with E-state index >= 15 is 0 Å². The number of benzene rings is 1. The van der Waals surface area contributed by atoms with Crippen molar-refractivity contribution in [1.82, 2.24) is 4.72 Å². The quantitative estimate of drug-likeness (QED) is 0.838. The Bertz CT molecular complexity index is 591. The van der Waals surface area contributed by atoms with Crippen LogP contribution >= 0.6 is 0 Å². The highest BCUT2D eigenvalue weighted by Gasteiger charge is 2.43. The summed E-state index contributed by atoms with van der Waals surface area (Å²) in [7, 11) is -4.40. The van der Waals surface area contributed by atoms with Crippen LogP contribution in [-0.2, 0) is 10.0 Å². The summed E-state index contributed by atoms with van der Waals surface area (Å²) in [5.74, 6) is -4.12. The van der Waals surface area contributed by atoms with Crippen LogP contribution in [0.15, 0.2) is 17.0 Å². The fourth-order valence-electron chi connectivity index (χ4n) is 2.04. The molecule has 20 heavy (non-hydrogen) atoms. The molecule has 0 aromatic heterocycles. The first kappa shape index (κ1) is 15.3. The molecule has 0 unspecified atom stereocenters. The number of sulfonamides is 1. The van der Waals surface area contributed by atoms with Crippen molar-refractivity contribution in [1.29, 1.82) is 0 Å². The van der Waals surface area contributed by atoms with E-state index in [2.05, 4.69) is 4.72 Å². The molecule has 0 amide bonds. The topological polar surface area (TPSA) is 66.4 Å². The molecule has 0 heterocycles. The van der Waals surface area contributed by atoms with E-state index in [1.165, 1.54) is 0 Å². The molecule has 0 radical (unpaired) electrons. The highest BCUT2D eigenvalue weighted by atomic mass is 32.2. The van der Waals surface area contributed by atoms with Crippen molar-refractivity contribution in [2.75, 3.05) is 13.2 Å². The standard InChI is InChI=1S/C12H14F3NO3S/c13-8-5-9(14)11(10(15)6-8)20(18,19)16-7-12(1-2-12)3-4-17/h5-6,16-17H,1-4,7H2. The number of aliphatic hydroxyl groups is 1. The first-order chi connectivity index (χ1) is 9.30. The van der Waals surface area contributed by atoms with Gasteiger partial charge < -0.3 is 5.11 Å². The van der Waals surface area contributed by atoms with Gasteiger partial charge in [-0.2, -0.15) is 0 Å². The normalized spacial score (nSPS) is 17.2. The van der Waals surface area contributed by atoms with E-state index in [1.54, 1.807) is 0 Å². The second-order valence-corrected chi connectivity index (χ2v) is 6.70. The summed E-state index contributed by atoms with van der Waals surface area (Å²) < 4.78 is 65.6. The molecule has 1 aliphatic rings. The third-order valence-electron chi connectivity index (χ3n) is 3.47. The number of hydrogen-bond donors (Lipinski definition) is 2. The van der Waals surface area contributed by atoms with E-state index in [9.17, 15) is 21.6 Å². The molecule has 1 fully saturated rings. The Morgan fingerprint density at radius 3 is 2.20 bits per heavy atom. The van der Waals surface area contributed by atoms with Gasteiger partial charge in [0.25, 0.3) is 0 Å². The van der Waals surface area contributed by atoms with Gasteiger partial charge in [0.15, 0.2) is 4.90 Å². The molecule has 0 saturated heterocycles. The Kier molecular flexibility index (Phi) is 4.08. The van der Waals surface area contributed by atoms with Crippen LogP contribution in [0.1, 0.15) is 19.3 Å². The van der Waals surface area contributed by atoms with Crippen LogP contribution in [-0.4, -0.2) is 26.7 Å². The zero-order valence-corrected chi connectivity index (χ0v) is 11.3. The first-order valence-corrected chi connectivity index (χ1v) is 7.53. The molecule has 2 rings (SSSR count). The van der Waals surface area contributed by atoms with Crippen molar-refractivity contribution in [3.05, 3.63) is 29.6 Å². The monoisotopic (exact) mass is 309 g/mol. The van der Waals surface area contributed by atoms with Crippen LogP contribution in [0.5, 0.6) is 0 Å². The lowest BCUT2D eigenvalue weighted by Crippen LogP contribution is -2.32. The predicted molar refractivity (Wildman–Crippen MR) is 64.9 cm³/mol. The zero-order chi connectivity index (χ0) is 15.0. The number of aliphatic hydroxyl groups excluding tert-OH is 1. The average molecular weight is 309 g/mol. The van der Waals surface area contributed by atoms with E-state index < -0.39 is 32.4 Å². The molecular formula is C12H14F3NO3S. The number of halogens is 3. The Morgan fingerprint density at radius 2 is 1.75 bits per heavy atom. The summed E-state index contributed by atoms with van der Waals surface area (Å²) in [6.07, 6.45) is 1.90. The van der Waals surface area contributed by atoms with Gasteiger partial charge >= 0.3 is 0 Å². The number of rotatable bonds is 6. The van der Waals surface area contributed by atoms with E-state index in [4.69, 9.17) is 5.11 Å². The Balaban J connectivity index is 2.19. The van der Waals surface area contributed by atoms with Crippen molar-refractivity contribution >= 4 is 10.0 Å². The van der Waals surface area contributed by atoms with Gasteiger partial charge in [-0.15, -0.1) is 0 Å². The third-order valence-corrected chi connectivity index (χ3v) is 4.92. The van der Waals surface area contributed by atoms with Gasteiger partial charge in [-0.25, -0.2) is 26.3 Å². The Labute approximate surface area is 114 Å². The van der Waals surface area contributed by atoms with Gasteiger partial charge in [0.05, 0.1) is 0 Å². The lowest BCUT2D eigenvalue weighted by molar-refractivity contribution is 0.249. The Morgan fingerprint density at radius 1 is 1.20 bits per heavy atom. The fourth-order valence-corrected chi connectivity index (χ4v) is 3.31. The first-order valence-electron chi connectivity index (χ1n) is 6.05. The highest BCUT2D eigenvalue weighted by Crippen LogP contribution is 2.48. The number of hydrogen-bond acceptors (Lipinski definition) is 3. The van der Waals surface area contributed by atoms with Crippen molar-refractivity contribution < 1.29 is 26.7 Å². The summed E-state index contributed by atoms with van der Waals surface area (Å²) in [5, 5.41) is 8.87. The van der Waals surface area contributed by atoms with Gasteiger partial charge in [-0.1, -0.05) is 0 Å². The van der Waals surface area contributed by atoms with Crippen LogP contribution in [0, 0.1) is 22.9 Å². The van der Waals surface area contributed by atoms with Crippen molar-refractivity contribution in [3.63, 3.8) is 0 Å². The second-order valence-electron chi connectivity index (χ2n) is 5.00. The summed E-state index contributed by atoms with van der Waals surface area (Å²) in [6, 6.07) is 0.635. The van der Waals surface area contributed by atoms with Gasteiger partial charge in [0.1, 0.15) is 17.5 Å². The molecule has 0 bridgehead atoms. The molecule has 1 aromatic rings. The molecule has 8 heteroatoms. The van der Waals surface area contributed by atoms with Crippen molar-refractivity contribution in [2.45, 2.75) is 24.2 Å². The van der Waals surface area contributed by atoms with Crippen LogP contribution in [0.2, 0.25) is 0 Å². The summed E-state index contributed by atoms with van der Waals surface area (Å²) in [5.41, 5.74) is -0.338. The maximum atomic E-state index is 13.5. The Hall–Kier alpha value is -1.12. The van der Waals surface area contributed by atoms with E-state index in [-0.39, 0.29) is 18.6 Å². The molecule has 1 aromatic carbocycles. The third kappa shape index (κ3) is 3.13. The molecule has 1 saturated carbocycles. The van der Waals surface area contributed by atoms with Crippen molar-refractivity contribution in [2.24, 2.45) is 5.41 Å². The molecule has 112 valence electrons. The van der Waals surface area contributed by atoms with E-state index in [0.717, 1.165) is 12.8 Å². The van der Waals surface area contributed by atoms with E-state index in [1.807, 2.05) is 0 Å². The van der Waals surface area contributed by atoms with Gasteiger partial charge in [-0.05, 0) is 24.7 Å². The lowest BCUT2D eigenvalue weighted by Gasteiger charge is -2.15. The average Bonchev–Trinajstić information content (AvgIpc) is 3.06. The SMILES string of the molecule is O=S(=O)(NCC1(CCO)CC1)c1c(F)cc(F)cc1F. The summed E-state index contributed by atoms with van der Waals surface area (Å²) in [4.78, 5) is -1.18. The molecule has 0 atom stereocenters. The molecule has 0 spiro atoms. The maximum absolute atomic E-state index is 13.5. The fraction of sp³-hybridized carbons (Fsp3) is 0.500. The van der Waals surface area contributed by atoms with Gasteiger partial charge in [-0.3, -0.25) is 0 Å². The summed E-state index contributed by atoms with van der Waals surface area (Å²) in [6.45, 7) is -0.0901. The minimum atomic E-state index is -4.40. The van der Waals surface area contributed by atoms with Crippen LogP contribution in [0.4, 0.5) is 13.2 Å². The minimum absolute atomic E-state index is 0.00779. The smallest absolute Gasteiger partial charge is 0.246 e. The predicted octanol–water partition coefficient (Wildman–Crippen LogP) is 1.54. The van der Waals surface area contributed by atoms with Gasteiger partial charge in [0.2, 0.25) is 10.0 Å². The molecule has 2 N–H and O–H groups in total. The molecular weight excluding hydrogens is 295 g/mol. The minimum Gasteiger partial charge on any atom is -0.396 e. The largest absolute Gasteiger partial charge is 0.396 e. The molecule has 0 aliphatic heterocycles. The molecule has 1 aliphatic carbocycles. The van der Waals surface area contributed by atoms with Gasteiger partial charge in [0, 0.05) is 25.3 Å². The maximum Gasteiger partial charge on any atom is 0.246 e. The van der Waals surface area contributed by atoms with Crippen LogP contribution < -0.4 is 4.72 Å². The number of nitrogens with one attached hydrogen (secondary N) is 1. The zero-order valence-electron chi connectivity index (χ0n) is 10.5. The van der Waals surface area contributed by atoms with Crippen molar-refractivity contribution in [3.8, 4) is 0 Å².